The van der Waals surface area contributed by atoms with Crippen molar-refractivity contribution in [1.82, 2.24) is 4.90 Å². The molecule has 0 saturated heterocycles. The van der Waals surface area contributed by atoms with Crippen LogP contribution in [0.5, 0.6) is 5.75 Å². The van der Waals surface area contributed by atoms with E-state index in [1.54, 1.807) is 37.4 Å². The SMILES string of the molecule is COCCCN1C2=C(C(=O)CC(C)(C)C2)C(c2cc(Cl)ccc2OS(=O)(=O)c2ccccc2)C2=C1CC(C)(C)CC2=O. The van der Waals surface area contributed by atoms with Crippen molar-refractivity contribution in [2.45, 2.75) is 70.6 Å². The monoisotopic (exact) mass is 611 g/mol. The summed E-state index contributed by atoms with van der Waals surface area (Å²) in [5.74, 6) is -0.844. The van der Waals surface area contributed by atoms with Crippen LogP contribution in [-0.2, 0) is 24.4 Å². The predicted molar refractivity (Wildman–Crippen MR) is 162 cm³/mol. The van der Waals surface area contributed by atoms with Gasteiger partial charge in [-0.3, -0.25) is 9.59 Å². The molecule has 3 aliphatic rings. The number of nitrogens with zero attached hydrogens (tertiary/aromatic N) is 1. The summed E-state index contributed by atoms with van der Waals surface area (Å²) in [6.07, 6.45) is 2.63. The number of Topliss-reactive ketones (excluding diaryl/α,β-unsaturated/α-hetero) is 2. The highest BCUT2D eigenvalue weighted by molar-refractivity contribution is 7.87. The van der Waals surface area contributed by atoms with Gasteiger partial charge in [-0.05, 0) is 60.4 Å². The molecule has 9 heteroatoms. The molecule has 2 aromatic carbocycles. The number of ketones is 2. The summed E-state index contributed by atoms with van der Waals surface area (Å²) in [6, 6.07) is 12.6. The second-order valence-electron chi connectivity index (χ2n) is 13.1. The van der Waals surface area contributed by atoms with Gasteiger partial charge in [0.15, 0.2) is 11.6 Å². The van der Waals surface area contributed by atoms with Crippen molar-refractivity contribution >= 4 is 33.3 Å². The third-order valence-corrected chi connectivity index (χ3v) is 9.75. The number of ether oxygens (including phenoxy) is 1. The van der Waals surface area contributed by atoms with Crippen molar-refractivity contribution in [3.8, 4) is 5.75 Å². The highest BCUT2D eigenvalue weighted by Crippen LogP contribution is 2.55. The molecule has 1 aliphatic heterocycles. The Kier molecular flexibility index (Phi) is 8.20. The molecular formula is C33H38ClNO6S. The quantitative estimate of drug-likeness (QED) is 0.239. The molecule has 5 rings (SSSR count). The maximum atomic E-state index is 14.1. The van der Waals surface area contributed by atoms with Gasteiger partial charge in [-0.2, -0.15) is 8.42 Å². The number of halogens is 1. The number of allylic oxidation sites excluding steroid dienone is 4. The van der Waals surface area contributed by atoms with E-state index < -0.39 is 16.0 Å². The minimum Gasteiger partial charge on any atom is -0.385 e. The van der Waals surface area contributed by atoms with Crippen molar-refractivity contribution < 1.29 is 26.9 Å². The van der Waals surface area contributed by atoms with Gasteiger partial charge in [-0.1, -0.05) is 57.5 Å². The second kappa shape index (κ2) is 11.3. The van der Waals surface area contributed by atoms with Gasteiger partial charge in [0.05, 0.1) is 0 Å². The predicted octanol–water partition coefficient (Wildman–Crippen LogP) is 6.83. The summed E-state index contributed by atoms with van der Waals surface area (Å²) in [5.41, 5.74) is 2.68. The van der Waals surface area contributed by atoms with Crippen LogP contribution in [0.15, 0.2) is 76.0 Å². The molecular weight excluding hydrogens is 574 g/mol. The lowest BCUT2D eigenvalue weighted by atomic mass is 9.63. The molecule has 0 bridgehead atoms. The zero-order valence-corrected chi connectivity index (χ0v) is 26.4. The molecule has 0 aromatic heterocycles. The van der Waals surface area contributed by atoms with Gasteiger partial charge in [0.1, 0.15) is 10.6 Å². The summed E-state index contributed by atoms with van der Waals surface area (Å²) in [4.78, 5) is 30.3. The highest BCUT2D eigenvalue weighted by Gasteiger charge is 2.49. The van der Waals surface area contributed by atoms with Gasteiger partial charge in [-0.15, -0.1) is 0 Å². The van der Waals surface area contributed by atoms with E-state index in [-0.39, 0.29) is 33.0 Å². The first-order valence-corrected chi connectivity index (χ1v) is 16.1. The number of benzene rings is 2. The first-order valence-electron chi connectivity index (χ1n) is 14.3. The number of hydrogen-bond donors (Lipinski definition) is 0. The average molecular weight is 612 g/mol. The summed E-state index contributed by atoms with van der Waals surface area (Å²) >= 11 is 6.52. The van der Waals surface area contributed by atoms with Crippen LogP contribution < -0.4 is 4.18 Å². The number of carbonyl (C=O) groups is 2. The molecule has 0 unspecified atom stereocenters. The Morgan fingerprint density at radius 3 is 2.00 bits per heavy atom. The van der Waals surface area contributed by atoms with Crippen molar-refractivity contribution in [2.75, 3.05) is 20.3 Å². The molecule has 0 fully saturated rings. The van der Waals surface area contributed by atoms with Crippen LogP contribution in [0.2, 0.25) is 5.02 Å². The molecule has 1 heterocycles. The van der Waals surface area contributed by atoms with E-state index in [1.807, 2.05) is 0 Å². The van der Waals surface area contributed by atoms with E-state index in [0.29, 0.717) is 60.6 Å². The Bertz CT molecular complexity index is 1540. The van der Waals surface area contributed by atoms with Crippen molar-refractivity contribution in [3.63, 3.8) is 0 Å². The maximum absolute atomic E-state index is 14.1. The van der Waals surface area contributed by atoms with E-state index in [9.17, 15) is 18.0 Å². The molecule has 2 aliphatic carbocycles. The maximum Gasteiger partial charge on any atom is 0.339 e. The number of carbonyl (C=O) groups excluding carboxylic acids is 2. The zero-order valence-electron chi connectivity index (χ0n) is 24.8. The normalized spacial score (nSPS) is 20.5. The molecule has 224 valence electrons. The van der Waals surface area contributed by atoms with Crippen LogP contribution in [0, 0.1) is 10.8 Å². The second-order valence-corrected chi connectivity index (χ2v) is 15.0. The van der Waals surface area contributed by atoms with Gasteiger partial charge < -0.3 is 13.8 Å². The van der Waals surface area contributed by atoms with Gasteiger partial charge in [-0.25, -0.2) is 0 Å². The minimum absolute atomic E-state index is 0.00431. The smallest absolute Gasteiger partial charge is 0.339 e. The van der Waals surface area contributed by atoms with Gasteiger partial charge >= 0.3 is 10.1 Å². The Hall–Kier alpha value is -2.94. The molecule has 0 saturated carbocycles. The van der Waals surface area contributed by atoms with E-state index in [2.05, 4.69) is 32.6 Å². The molecule has 2 aromatic rings. The van der Waals surface area contributed by atoms with Crippen LogP contribution in [0.4, 0.5) is 0 Å². The third kappa shape index (κ3) is 5.94. The van der Waals surface area contributed by atoms with Crippen LogP contribution in [0.25, 0.3) is 0 Å². The van der Waals surface area contributed by atoms with Crippen LogP contribution in [-0.4, -0.2) is 45.1 Å². The van der Waals surface area contributed by atoms with E-state index in [1.165, 1.54) is 18.2 Å². The van der Waals surface area contributed by atoms with Crippen LogP contribution in [0.3, 0.4) is 0 Å². The van der Waals surface area contributed by atoms with Gasteiger partial charge in [0.2, 0.25) is 0 Å². The van der Waals surface area contributed by atoms with Gasteiger partial charge in [0, 0.05) is 72.1 Å². The zero-order chi connectivity index (χ0) is 30.4. The molecule has 42 heavy (non-hydrogen) atoms. The molecule has 0 radical (unpaired) electrons. The lowest BCUT2D eigenvalue weighted by molar-refractivity contribution is -0.119. The average Bonchev–Trinajstić information content (AvgIpc) is 2.89. The van der Waals surface area contributed by atoms with Crippen molar-refractivity contribution in [3.05, 3.63) is 81.7 Å². The van der Waals surface area contributed by atoms with Gasteiger partial charge in [0.25, 0.3) is 0 Å². The number of methoxy groups -OCH3 is 1. The lowest BCUT2D eigenvalue weighted by Crippen LogP contribution is -2.45. The fourth-order valence-corrected chi connectivity index (χ4v) is 7.73. The Morgan fingerprint density at radius 2 is 1.45 bits per heavy atom. The first kappa shape index (κ1) is 30.5. The summed E-state index contributed by atoms with van der Waals surface area (Å²) in [5, 5.41) is 0.355. The molecule has 0 spiro atoms. The summed E-state index contributed by atoms with van der Waals surface area (Å²) < 4.78 is 37.8. The van der Waals surface area contributed by atoms with Crippen LogP contribution >= 0.6 is 11.6 Å². The number of hydrogen-bond acceptors (Lipinski definition) is 7. The van der Waals surface area contributed by atoms with Crippen molar-refractivity contribution in [1.29, 1.82) is 0 Å². The fourth-order valence-electron chi connectivity index (χ4n) is 6.57. The number of rotatable bonds is 8. The Morgan fingerprint density at radius 1 is 0.881 bits per heavy atom. The van der Waals surface area contributed by atoms with E-state index in [0.717, 1.165) is 17.8 Å². The Labute approximate surface area is 253 Å². The molecule has 0 N–H and O–H groups in total. The molecule has 0 atom stereocenters. The standard InChI is InChI=1S/C33H38ClNO6S/c1-32(2)17-24-30(26(36)19-32)29(31-25(35(24)14-9-15-40-5)18-33(3,4)20-27(31)37)23-16-21(34)12-13-28(23)41-42(38,39)22-10-7-6-8-11-22/h6-8,10-13,16,29H,9,14-15,17-20H2,1-5H3. The topological polar surface area (TPSA) is 90.0 Å². The minimum atomic E-state index is -4.21. The Balaban J connectivity index is 1.75. The highest BCUT2D eigenvalue weighted by atomic mass is 35.5. The first-order chi connectivity index (χ1) is 19.7. The summed E-state index contributed by atoms with van der Waals surface area (Å²) in [7, 11) is -2.55. The van der Waals surface area contributed by atoms with Crippen molar-refractivity contribution in [2.24, 2.45) is 10.8 Å². The summed E-state index contributed by atoms with van der Waals surface area (Å²) in [6.45, 7) is 9.47. The van der Waals surface area contributed by atoms with E-state index >= 15 is 0 Å². The lowest BCUT2D eigenvalue weighted by Gasteiger charge is -2.49. The molecule has 7 nitrogen and oxygen atoms in total. The largest absolute Gasteiger partial charge is 0.385 e. The third-order valence-electron chi connectivity index (χ3n) is 8.27. The van der Waals surface area contributed by atoms with E-state index in [4.69, 9.17) is 20.5 Å². The molecule has 0 amide bonds. The fraction of sp³-hybridized carbons (Fsp3) is 0.455. The van der Waals surface area contributed by atoms with Crippen LogP contribution in [0.1, 0.15) is 71.3 Å².